The fourth-order valence-corrected chi connectivity index (χ4v) is 3.30. The van der Waals surface area contributed by atoms with Gasteiger partial charge in [-0.25, -0.2) is 0 Å². The molecule has 0 amide bonds. The van der Waals surface area contributed by atoms with Crippen molar-refractivity contribution in [3.05, 3.63) is 29.8 Å². The van der Waals surface area contributed by atoms with Gasteiger partial charge >= 0.3 is 6.18 Å². The second-order valence-electron chi connectivity index (χ2n) is 2.25. The van der Waals surface area contributed by atoms with Gasteiger partial charge in [0.2, 0.25) is 0 Å². The summed E-state index contributed by atoms with van der Waals surface area (Å²) in [5.41, 5.74) is -0.588. The van der Waals surface area contributed by atoms with Crippen LogP contribution in [-0.2, 0) is 6.18 Å². The maximum atomic E-state index is 12.4. The number of alkyl halides is 3. The van der Waals surface area contributed by atoms with Crippen molar-refractivity contribution in [3.8, 4) is 0 Å². The molecule has 1 rings (SSSR count). The van der Waals surface area contributed by atoms with Crippen molar-refractivity contribution in [3.63, 3.8) is 0 Å². The number of halogens is 5. The molecule has 6 heteroatoms. The normalized spacial score (nSPS) is 12.2. The summed E-state index contributed by atoms with van der Waals surface area (Å²) in [5.74, 6) is 0. The topological polar surface area (TPSA) is 0 Å². The van der Waals surface area contributed by atoms with Crippen LogP contribution in [0.2, 0.25) is 0 Å². The molecule has 1 aromatic rings. The molecule has 72 valence electrons. The van der Waals surface area contributed by atoms with Crippen molar-refractivity contribution in [1.29, 1.82) is 0 Å². The molecule has 0 bridgehead atoms. The molecule has 0 heterocycles. The molecule has 1 aromatic carbocycles. The molecular formula is C7H4Br2F3P. The van der Waals surface area contributed by atoms with Crippen LogP contribution in [0.5, 0.6) is 0 Å². The predicted molar refractivity (Wildman–Crippen MR) is 55.9 cm³/mol. The third-order valence-electron chi connectivity index (χ3n) is 1.39. The van der Waals surface area contributed by atoms with Gasteiger partial charge in [0.25, 0.3) is 0 Å². The van der Waals surface area contributed by atoms with Gasteiger partial charge in [0.15, 0.2) is 0 Å². The maximum Gasteiger partial charge on any atom is 0.417 e. The van der Waals surface area contributed by atoms with Gasteiger partial charge in [0.1, 0.15) is 0 Å². The Bertz CT molecular complexity index is 298. The number of hydrogen-bond donors (Lipinski definition) is 0. The van der Waals surface area contributed by atoms with Gasteiger partial charge in [-0.15, -0.1) is 0 Å². The van der Waals surface area contributed by atoms with Crippen LogP contribution < -0.4 is 5.30 Å². The van der Waals surface area contributed by atoms with Crippen LogP contribution in [0.25, 0.3) is 0 Å². The molecular weight excluding hydrogens is 332 g/mol. The maximum absolute atomic E-state index is 12.4. The average Bonchev–Trinajstić information content (AvgIpc) is 2.03. The van der Waals surface area contributed by atoms with Crippen LogP contribution in [0.4, 0.5) is 13.2 Å². The molecule has 0 saturated heterocycles. The third-order valence-corrected chi connectivity index (χ3v) is 4.44. The van der Waals surface area contributed by atoms with Gasteiger partial charge in [0, 0.05) is 5.30 Å². The second-order valence-corrected chi connectivity index (χ2v) is 10.3. The van der Waals surface area contributed by atoms with Crippen LogP contribution in [0.1, 0.15) is 5.56 Å². The van der Waals surface area contributed by atoms with E-state index in [0.717, 1.165) is 6.07 Å². The Morgan fingerprint density at radius 3 is 2.00 bits per heavy atom. The zero-order valence-electron chi connectivity index (χ0n) is 6.15. The molecule has 0 aliphatic carbocycles. The molecule has 0 fully saturated rings. The highest BCUT2D eigenvalue weighted by atomic mass is 79.9. The smallest absolute Gasteiger partial charge is 0.166 e. The monoisotopic (exact) mass is 334 g/mol. The third kappa shape index (κ3) is 2.93. The minimum atomic E-state index is -4.28. The van der Waals surface area contributed by atoms with E-state index in [0.29, 0.717) is 0 Å². The molecule has 0 aliphatic rings. The van der Waals surface area contributed by atoms with E-state index < -0.39 is 17.1 Å². The summed E-state index contributed by atoms with van der Waals surface area (Å²) in [7, 11) is 0. The first-order valence-electron chi connectivity index (χ1n) is 3.21. The van der Waals surface area contributed by atoms with Crippen molar-refractivity contribution < 1.29 is 13.2 Å². The quantitative estimate of drug-likeness (QED) is 0.666. The van der Waals surface area contributed by atoms with Crippen molar-refractivity contribution in [1.82, 2.24) is 0 Å². The second kappa shape index (κ2) is 4.28. The van der Waals surface area contributed by atoms with Crippen LogP contribution in [0, 0.1) is 0 Å². The van der Waals surface area contributed by atoms with E-state index >= 15 is 0 Å². The standard InChI is InChI=1S/C7H4Br2F3P/c8-13(9)6-4-2-1-3-5(6)7(10,11)12/h1-4H. The number of rotatable bonds is 1. The first kappa shape index (κ1) is 11.5. The average molecular weight is 336 g/mol. The SMILES string of the molecule is FC(F)(F)c1ccccc1P(Br)Br. The first-order valence-corrected chi connectivity index (χ1v) is 8.58. The van der Waals surface area contributed by atoms with E-state index in [1.54, 1.807) is 6.07 Å². The Kier molecular flexibility index (Phi) is 3.78. The lowest BCUT2D eigenvalue weighted by atomic mass is 10.2. The summed E-state index contributed by atoms with van der Waals surface area (Å²) >= 11 is 6.21. The minimum absolute atomic E-state index is 0.255. The van der Waals surface area contributed by atoms with Gasteiger partial charge in [-0.1, -0.05) is 18.2 Å². The van der Waals surface area contributed by atoms with Crippen LogP contribution in [0.15, 0.2) is 24.3 Å². The summed E-state index contributed by atoms with van der Waals surface area (Å²) in [5, 5.41) is -0.821. The zero-order valence-corrected chi connectivity index (χ0v) is 10.2. The van der Waals surface area contributed by atoms with Gasteiger partial charge in [-0.2, -0.15) is 13.2 Å². The predicted octanol–water partition coefficient (Wildman–Crippen LogP) is 4.43. The van der Waals surface area contributed by atoms with Crippen molar-refractivity contribution in [2.45, 2.75) is 6.18 Å². The fraction of sp³-hybridized carbons (Fsp3) is 0.143. The molecule has 0 unspecified atom stereocenters. The van der Waals surface area contributed by atoms with E-state index in [1.165, 1.54) is 12.1 Å². The summed E-state index contributed by atoms with van der Waals surface area (Å²) in [6.45, 7) is 0. The largest absolute Gasteiger partial charge is 0.417 e. The molecule has 13 heavy (non-hydrogen) atoms. The lowest BCUT2D eigenvalue weighted by Crippen LogP contribution is -2.15. The first-order chi connectivity index (χ1) is 5.93. The molecule has 0 saturated carbocycles. The molecule has 0 nitrogen and oxygen atoms in total. The molecule has 0 N–H and O–H groups in total. The summed E-state index contributed by atoms with van der Waals surface area (Å²) < 4.78 is 37.1. The minimum Gasteiger partial charge on any atom is -0.166 e. The van der Waals surface area contributed by atoms with Crippen LogP contribution in [-0.4, -0.2) is 0 Å². The number of benzene rings is 1. The molecule has 0 aromatic heterocycles. The van der Waals surface area contributed by atoms with Crippen molar-refractivity contribution in [2.24, 2.45) is 0 Å². The van der Waals surface area contributed by atoms with Crippen molar-refractivity contribution >= 4 is 41.6 Å². The Hall–Kier alpha value is 0.400. The van der Waals surface area contributed by atoms with Gasteiger partial charge < -0.3 is 0 Å². The molecule has 0 radical (unpaired) electrons. The Morgan fingerprint density at radius 1 is 1.08 bits per heavy atom. The van der Waals surface area contributed by atoms with Gasteiger partial charge in [0.05, 0.1) is 10.9 Å². The van der Waals surface area contributed by atoms with Crippen molar-refractivity contribution in [2.75, 3.05) is 0 Å². The van der Waals surface area contributed by atoms with E-state index in [2.05, 4.69) is 31.0 Å². The Balaban J connectivity index is 3.20. The Labute approximate surface area is 90.8 Å². The Morgan fingerprint density at radius 2 is 1.62 bits per heavy atom. The highest BCUT2D eigenvalue weighted by Gasteiger charge is 2.34. The van der Waals surface area contributed by atoms with E-state index in [9.17, 15) is 13.2 Å². The lowest BCUT2D eigenvalue weighted by Gasteiger charge is -2.12. The van der Waals surface area contributed by atoms with Gasteiger partial charge in [-0.3, -0.25) is 0 Å². The van der Waals surface area contributed by atoms with Crippen LogP contribution in [0.3, 0.4) is 0 Å². The molecule has 0 spiro atoms. The summed E-state index contributed by atoms with van der Waals surface area (Å²) in [4.78, 5) is 0. The lowest BCUT2D eigenvalue weighted by molar-refractivity contribution is -0.136. The van der Waals surface area contributed by atoms with E-state index in [1.807, 2.05) is 0 Å². The van der Waals surface area contributed by atoms with Crippen LogP contribution >= 0.6 is 36.3 Å². The van der Waals surface area contributed by atoms with E-state index in [-0.39, 0.29) is 5.30 Å². The van der Waals surface area contributed by atoms with Gasteiger partial charge in [-0.05, 0) is 37.0 Å². The summed E-state index contributed by atoms with van der Waals surface area (Å²) in [6.07, 6.45) is -4.28. The van der Waals surface area contributed by atoms with E-state index in [4.69, 9.17) is 0 Å². The number of hydrogen-bond acceptors (Lipinski definition) is 0. The highest BCUT2D eigenvalue weighted by molar-refractivity contribution is 9.70. The molecule has 0 aliphatic heterocycles. The summed E-state index contributed by atoms with van der Waals surface area (Å²) in [6, 6.07) is 5.50. The molecule has 0 atom stereocenters. The fourth-order valence-electron chi connectivity index (χ4n) is 0.861. The zero-order chi connectivity index (χ0) is 10.1. The highest BCUT2D eigenvalue weighted by Crippen LogP contribution is 2.52.